The van der Waals surface area contributed by atoms with E-state index in [-0.39, 0.29) is 24.2 Å². The third kappa shape index (κ3) is 6.14. The van der Waals surface area contributed by atoms with Crippen molar-refractivity contribution in [2.24, 2.45) is 0 Å². The zero-order chi connectivity index (χ0) is 27.7. The Morgan fingerprint density at radius 2 is 1.74 bits per heavy atom. The molecule has 1 unspecified atom stereocenters. The highest BCUT2D eigenvalue weighted by molar-refractivity contribution is 7.90. The van der Waals surface area contributed by atoms with Gasteiger partial charge in [0.1, 0.15) is 27.9 Å². The first-order valence-electron chi connectivity index (χ1n) is 12.9. The molecule has 0 aromatic heterocycles. The summed E-state index contributed by atoms with van der Waals surface area (Å²) < 4.78 is 46.6. The average molecular weight is 553 g/mol. The third-order valence-corrected chi connectivity index (χ3v) is 8.05. The Labute approximate surface area is 228 Å². The second-order valence-electron chi connectivity index (χ2n) is 10.2. The molecule has 2 heterocycles. The largest absolute Gasteiger partial charge is 0.494 e. The molecule has 0 bridgehead atoms. The monoisotopic (exact) mass is 552 g/mol. The molecule has 5 rings (SSSR count). The second kappa shape index (κ2) is 10.8. The third-order valence-electron chi connectivity index (χ3n) is 7.02. The van der Waals surface area contributed by atoms with Crippen LogP contribution in [0.1, 0.15) is 47.1 Å². The lowest BCUT2D eigenvalue weighted by Crippen LogP contribution is -2.21. The molecule has 0 amide bonds. The number of hydrogen-bond donors (Lipinski definition) is 1. The Morgan fingerprint density at radius 3 is 2.46 bits per heavy atom. The number of carbonyl (C=O) groups is 1. The zero-order valence-electron chi connectivity index (χ0n) is 22.2. The van der Waals surface area contributed by atoms with E-state index in [1.807, 2.05) is 44.2 Å². The molecule has 8 nitrogen and oxygen atoms in total. The van der Waals surface area contributed by atoms with Crippen molar-refractivity contribution in [3.05, 3.63) is 70.8 Å². The molecule has 0 aliphatic carbocycles. The molecule has 39 heavy (non-hydrogen) atoms. The smallest absolute Gasteiger partial charge is 0.304 e. The molecule has 2 atom stereocenters. The summed E-state index contributed by atoms with van der Waals surface area (Å²) in [5.41, 5.74) is 6.08. The Balaban J connectivity index is 1.32. The van der Waals surface area contributed by atoms with Crippen LogP contribution >= 0.6 is 0 Å². The van der Waals surface area contributed by atoms with E-state index in [4.69, 9.17) is 18.9 Å². The number of rotatable bonds is 9. The zero-order valence-corrected chi connectivity index (χ0v) is 23.0. The van der Waals surface area contributed by atoms with Gasteiger partial charge in [-0.3, -0.25) is 4.79 Å². The van der Waals surface area contributed by atoms with Crippen LogP contribution in [-0.2, 0) is 14.6 Å². The predicted octanol–water partition coefficient (Wildman–Crippen LogP) is 5.25. The van der Waals surface area contributed by atoms with Crippen molar-refractivity contribution in [1.29, 1.82) is 0 Å². The Kier molecular flexibility index (Phi) is 7.44. The van der Waals surface area contributed by atoms with Crippen molar-refractivity contribution in [3.63, 3.8) is 0 Å². The number of aryl methyl sites for hydroxylation is 2. The minimum absolute atomic E-state index is 0.0111. The molecular weight excluding hydrogens is 520 g/mol. The molecule has 2 aliphatic heterocycles. The number of carboxylic acid groups (broad SMARTS) is 1. The number of ether oxygens (including phenoxy) is 4. The van der Waals surface area contributed by atoms with Gasteiger partial charge in [-0.15, -0.1) is 0 Å². The number of carboxylic acids is 1. The van der Waals surface area contributed by atoms with E-state index in [1.54, 1.807) is 6.07 Å². The quantitative estimate of drug-likeness (QED) is 0.359. The summed E-state index contributed by atoms with van der Waals surface area (Å²) >= 11 is 0. The van der Waals surface area contributed by atoms with Crippen molar-refractivity contribution in [2.45, 2.75) is 38.7 Å². The number of benzene rings is 3. The summed E-state index contributed by atoms with van der Waals surface area (Å²) in [6.07, 6.45) is 1.37. The molecule has 0 saturated heterocycles. The van der Waals surface area contributed by atoms with Gasteiger partial charge < -0.3 is 24.1 Å². The fourth-order valence-electron chi connectivity index (χ4n) is 5.25. The molecule has 206 valence electrons. The molecule has 0 fully saturated rings. The van der Waals surface area contributed by atoms with Crippen LogP contribution in [0, 0.1) is 13.8 Å². The van der Waals surface area contributed by atoms with Gasteiger partial charge in [-0.1, -0.05) is 18.2 Å². The standard InChI is InChI=1S/C30H32O8S/c1-18-10-23(35-8-5-9-39(3,33)34)11-19(2)30(18)21-7-4-6-20(12-21)28-17-37-26-14-24-22(13-29(31)32)16-36-25(24)15-27(26)38-28/h4,6-7,10-12,14-15,22,28H,5,8-9,13,16-17H2,1-3H3,(H,31,32)/t22-,28?/m1/s1. The predicted molar refractivity (Wildman–Crippen MR) is 147 cm³/mol. The van der Waals surface area contributed by atoms with E-state index in [9.17, 15) is 18.3 Å². The molecule has 1 N–H and O–H groups in total. The van der Waals surface area contributed by atoms with Gasteiger partial charge >= 0.3 is 5.97 Å². The van der Waals surface area contributed by atoms with Crippen molar-refractivity contribution < 1.29 is 37.3 Å². The summed E-state index contributed by atoms with van der Waals surface area (Å²) in [4.78, 5) is 11.2. The summed E-state index contributed by atoms with van der Waals surface area (Å²) in [5.74, 6) is 1.59. The van der Waals surface area contributed by atoms with Gasteiger partial charge in [-0.05, 0) is 72.4 Å². The van der Waals surface area contributed by atoms with E-state index < -0.39 is 15.8 Å². The van der Waals surface area contributed by atoms with Crippen LogP contribution in [-0.4, -0.2) is 51.3 Å². The Bertz CT molecular complexity index is 1490. The maximum atomic E-state index is 11.3. The van der Waals surface area contributed by atoms with E-state index in [2.05, 4.69) is 12.1 Å². The van der Waals surface area contributed by atoms with Crippen molar-refractivity contribution in [3.8, 4) is 34.1 Å². The lowest BCUT2D eigenvalue weighted by molar-refractivity contribution is -0.137. The van der Waals surface area contributed by atoms with Crippen LogP contribution in [0.3, 0.4) is 0 Å². The lowest BCUT2D eigenvalue weighted by Gasteiger charge is -2.28. The molecule has 9 heteroatoms. The highest BCUT2D eigenvalue weighted by Crippen LogP contribution is 2.46. The maximum Gasteiger partial charge on any atom is 0.304 e. The molecule has 2 aliphatic rings. The van der Waals surface area contributed by atoms with Gasteiger partial charge in [-0.2, -0.15) is 0 Å². The van der Waals surface area contributed by atoms with Gasteiger partial charge in [0.25, 0.3) is 0 Å². The van der Waals surface area contributed by atoms with Gasteiger partial charge in [0.05, 0.1) is 25.4 Å². The van der Waals surface area contributed by atoms with Crippen LogP contribution in [0.5, 0.6) is 23.0 Å². The highest BCUT2D eigenvalue weighted by atomic mass is 32.2. The van der Waals surface area contributed by atoms with E-state index in [1.165, 1.54) is 6.26 Å². The van der Waals surface area contributed by atoms with Crippen molar-refractivity contribution in [2.75, 3.05) is 31.8 Å². The molecule has 0 saturated carbocycles. The number of aliphatic carboxylic acids is 1. The molecular formula is C30H32O8S. The van der Waals surface area contributed by atoms with E-state index in [0.29, 0.717) is 43.5 Å². The number of hydrogen-bond acceptors (Lipinski definition) is 7. The van der Waals surface area contributed by atoms with Gasteiger partial charge in [0.15, 0.2) is 17.6 Å². The van der Waals surface area contributed by atoms with Crippen LogP contribution < -0.4 is 18.9 Å². The van der Waals surface area contributed by atoms with Gasteiger partial charge in [0.2, 0.25) is 0 Å². The van der Waals surface area contributed by atoms with Gasteiger partial charge in [-0.25, -0.2) is 8.42 Å². The van der Waals surface area contributed by atoms with Crippen molar-refractivity contribution >= 4 is 15.8 Å². The fourth-order valence-corrected chi connectivity index (χ4v) is 5.89. The van der Waals surface area contributed by atoms with Crippen LogP contribution in [0.15, 0.2) is 48.5 Å². The second-order valence-corrected chi connectivity index (χ2v) is 12.5. The Morgan fingerprint density at radius 1 is 1.00 bits per heavy atom. The minimum atomic E-state index is -3.00. The van der Waals surface area contributed by atoms with E-state index >= 15 is 0 Å². The number of sulfone groups is 1. The first-order valence-corrected chi connectivity index (χ1v) is 15.0. The first kappa shape index (κ1) is 26.9. The van der Waals surface area contributed by atoms with Crippen LogP contribution in [0.25, 0.3) is 11.1 Å². The number of fused-ring (bicyclic) bond motifs is 2. The van der Waals surface area contributed by atoms with Gasteiger partial charge in [0, 0.05) is 23.8 Å². The van der Waals surface area contributed by atoms with E-state index in [0.717, 1.165) is 39.1 Å². The molecule has 3 aromatic carbocycles. The summed E-state index contributed by atoms with van der Waals surface area (Å²) in [7, 11) is -3.00. The summed E-state index contributed by atoms with van der Waals surface area (Å²) in [5, 5.41) is 9.18. The van der Waals surface area contributed by atoms with Crippen LogP contribution in [0.4, 0.5) is 0 Å². The average Bonchev–Trinajstić information content (AvgIpc) is 3.25. The lowest BCUT2D eigenvalue weighted by atomic mass is 9.93. The SMILES string of the molecule is Cc1cc(OCCCS(C)(=O)=O)cc(C)c1-c1cccc(C2COc3cc4c(cc3O2)OC[C@H]4CC(=O)O)c1. The normalized spacial score (nSPS) is 17.8. The minimum Gasteiger partial charge on any atom is -0.494 e. The van der Waals surface area contributed by atoms with Crippen molar-refractivity contribution in [1.82, 2.24) is 0 Å². The molecule has 3 aromatic rings. The molecule has 0 spiro atoms. The topological polar surface area (TPSA) is 108 Å². The first-order chi connectivity index (χ1) is 18.6. The summed E-state index contributed by atoms with van der Waals surface area (Å²) in [6.45, 7) is 5.08. The maximum absolute atomic E-state index is 11.3. The molecule has 0 radical (unpaired) electrons. The van der Waals surface area contributed by atoms with Crippen LogP contribution in [0.2, 0.25) is 0 Å². The summed E-state index contributed by atoms with van der Waals surface area (Å²) in [6, 6.07) is 15.8. The fraction of sp³-hybridized carbons (Fsp3) is 0.367. The highest BCUT2D eigenvalue weighted by Gasteiger charge is 2.31. The Hall–Kier alpha value is -3.72.